The van der Waals surface area contributed by atoms with E-state index in [0.29, 0.717) is 0 Å². The van der Waals surface area contributed by atoms with Crippen LogP contribution in [0.15, 0.2) is 4.99 Å². The lowest BCUT2D eigenvalue weighted by Gasteiger charge is -1.98. The van der Waals surface area contributed by atoms with Crippen LogP contribution in [0.4, 0.5) is 0 Å². The topological polar surface area (TPSA) is 43.1 Å². The Labute approximate surface area is 66.0 Å². The highest BCUT2D eigenvalue weighted by Gasteiger charge is 2.02. The van der Waals surface area contributed by atoms with Crippen molar-refractivity contribution in [2.45, 2.75) is 20.8 Å². The van der Waals surface area contributed by atoms with E-state index in [1.165, 1.54) is 0 Å². The van der Waals surface area contributed by atoms with Crippen molar-refractivity contribution < 1.29 is 0 Å². The first-order chi connectivity index (χ1) is 5.15. The molecule has 0 unspecified atom stereocenters. The molecule has 0 fully saturated rings. The van der Waals surface area contributed by atoms with Crippen molar-refractivity contribution >= 4 is 5.84 Å². The van der Waals surface area contributed by atoms with Crippen molar-refractivity contribution in [2.24, 2.45) is 4.99 Å². The van der Waals surface area contributed by atoms with E-state index in [-0.39, 0.29) is 0 Å². The zero-order valence-corrected chi connectivity index (χ0v) is 7.29. The van der Waals surface area contributed by atoms with Gasteiger partial charge in [-0.05, 0) is 20.8 Å². The Hall–Kier alpha value is -1.19. The third-order valence-electron chi connectivity index (χ3n) is 1.50. The molecule has 60 valence electrons. The number of aromatic nitrogens is 3. The minimum Gasteiger partial charge on any atom is -0.274 e. The second-order valence-corrected chi connectivity index (χ2v) is 2.39. The highest BCUT2D eigenvalue weighted by atomic mass is 15.4. The van der Waals surface area contributed by atoms with Gasteiger partial charge in [0.2, 0.25) is 0 Å². The smallest absolute Gasteiger partial charge is 0.148 e. The molecule has 1 aromatic rings. The Bertz CT molecular complexity index is 285. The average Bonchev–Trinajstić information content (AvgIpc) is 2.28. The van der Waals surface area contributed by atoms with Crippen LogP contribution in [0.3, 0.4) is 0 Å². The quantitative estimate of drug-likeness (QED) is 0.407. The SMILES string of the molecule is CN=C(C)n1nc(C)nc1C. The summed E-state index contributed by atoms with van der Waals surface area (Å²) in [6, 6.07) is 0. The molecule has 4 heteroatoms. The summed E-state index contributed by atoms with van der Waals surface area (Å²) in [6.45, 7) is 5.68. The molecule has 0 saturated heterocycles. The lowest BCUT2D eigenvalue weighted by Crippen LogP contribution is -2.10. The molecular formula is C7H12N4. The molecule has 1 aromatic heterocycles. The first kappa shape index (κ1) is 7.91. The van der Waals surface area contributed by atoms with Gasteiger partial charge in [-0.2, -0.15) is 5.10 Å². The van der Waals surface area contributed by atoms with E-state index in [0.717, 1.165) is 17.5 Å². The van der Waals surface area contributed by atoms with Crippen LogP contribution in [0, 0.1) is 13.8 Å². The van der Waals surface area contributed by atoms with Gasteiger partial charge in [-0.15, -0.1) is 0 Å². The minimum absolute atomic E-state index is 0.783. The Balaban J connectivity index is 3.13. The molecule has 0 aliphatic carbocycles. The number of aliphatic imine (C=N–C) groups is 1. The fourth-order valence-corrected chi connectivity index (χ4v) is 0.922. The van der Waals surface area contributed by atoms with Crippen molar-refractivity contribution in [3.05, 3.63) is 11.6 Å². The van der Waals surface area contributed by atoms with E-state index in [1.54, 1.807) is 11.7 Å². The number of hydrogen-bond acceptors (Lipinski definition) is 3. The molecule has 0 bridgehead atoms. The van der Waals surface area contributed by atoms with Gasteiger partial charge in [0.15, 0.2) is 0 Å². The zero-order valence-electron chi connectivity index (χ0n) is 7.29. The fraction of sp³-hybridized carbons (Fsp3) is 0.571. The summed E-state index contributed by atoms with van der Waals surface area (Å²) in [7, 11) is 1.74. The van der Waals surface area contributed by atoms with Crippen LogP contribution in [-0.2, 0) is 0 Å². The molecule has 0 amide bonds. The largest absolute Gasteiger partial charge is 0.274 e. The van der Waals surface area contributed by atoms with E-state index in [2.05, 4.69) is 15.1 Å². The van der Waals surface area contributed by atoms with E-state index in [9.17, 15) is 0 Å². The first-order valence-electron chi connectivity index (χ1n) is 3.49. The Morgan fingerprint density at radius 1 is 1.45 bits per heavy atom. The van der Waals surface area contributed by atoms with Gasteiger partial charge in [0, 0.05) is 7.05 Å². The number of hydrogen-bond donors (Lipinski definition) is 0. The standard InChI is InChI=1S/C7H12N4/c1-5-9-7(3)11(10-5)6(2)8-4/h1-4H3. The maximum atomic E-state index is 4.16. The lowest BCUT2D eigenvalue weighted by atomic mass is 10.6. The number of aryl methyl sites for hydroxylation is 2. The Kier molecular flexibility index (Phi) is 2.03. The summed E-state index contributed by atoms with van der Waals surface area (Å²) in [4.78, 5) is 8.16. The Morgan fingerprint density at radius 2 is 2.09 bits per heavy atom. The number of rotatable bonds is 0. The van der Waals surface area contributed by atoms with Gasteiger partial charge in [0.05, 0.1) is 0 Å². The summed E-state index contributed by atoms with van der Waals surface area (Å²) in [5, 5.41) is 4.16. The van der Waals surface area contributed by atoms with Gasteiger partial charge in [0.1, 0.15) is 17.5 Å². The molecule has 0 atom stereocenters. The fourth-order valence-electron chi connectivity index (χ4n) is 0.922. The summed E-state index contributed by atoms with van der Waals surface area (Å²) in [5.41, 5.74) is 0. The molecule has 0 spiro atoms. The number of nitrogens with zero attached hydrogens (tertiary/aromatic N) is 4. The molecule has 0 radical (unpaired) electrons. The van der Waals surface area contributed by atoms with Gasteiger partial charge < -0.3 is 0 Å². The van der Waals surface area contributed by atoms with Crippen LogP contribution in [0.1, 0.15) is 18.6 Å². The monoisotopic (exact) mass is 152 g/mol. The van der Waals surface area contributed by atoms with E-state index in [4.69, 9.17) is 0 Å². The van der Waals surface area contributed by atoms with Crippen molar-refractivity contribution in [1.82, 2.24) is 14.8 Å². The molecule has 0 saturated carbocycles. The molecule has 11 heavy (non-hydrogen) atoms. The third kappa shape index (κ3) is 1.45. The lowest BCUT2D eigenvalue weighted by molar-refractivity contribution is 0.870. The van der Waals surface area contributed by atoms with Crippen molar-refractivity contribution in [3.63, 3.8) is 0 Å². The minimum atomic E-state index is 0.783. The maximum absolute atomic E-state index is 4.16. The molecule has 1 rings (SSSR count). The molecule has 4 nitrogen and oxygen atoms in total. The van der Waals surface area contributed by atoms with Gasteiger partial charge in [-0.25, -0.2) is 9.67 Å². The van der Waals surface area contributed by atoms with E-state index in [1.807, 2.05) is 20.8 Å². The summed E-state index contributed by atoms with van der Waals surface area (Å²) in [5.74, 6) is 2.53. The predicted molar refractivity (Wildman–Crippen MR) is 43.9 cm³/mol. The zero-order chi connectivity index (χ0) is 8.43. The third-order valence-corrected chi connectivity index (χ3v) is 1.50. The van der Waals surface area contributed by atoms with Crippen LogP contribution >= 0.6 is 0 Å². The average molecular weight is 152 g/mol. The predicted octanol–water partition coefficient (Wildman–Crippen LogP) is 0.791. The van der Waals surface area contributed by atoms with Crippen LogP contribution < -0.4 is 0 Å². The van der Waals surface area contributed by atoms with Gasteiger partial charge in [-0.3, -0.25) is 4.99 Å². The second kappa shape index (κ2) is 2.82. The van der Waals surface area contributed by atoms with Crippen LogP contribution in [0.5, 0.6) is 0 Å². The first-order valence-corrected chi connectivity index (χ1v) is 3.49. The Morgan fingerprint density at radius 3 is 2.45 bits per heavy atom. The second-order valence-electron chi connectivity index (χ2n) is 2.39. The summed E-state index contributed by atoms with van der Waals surface area (Å²) < 4.78 is 1.73. The molecule has 1 heterocycles. The molecule has 0 aromatic carbocycles. The van der Waals surface area contributed by atoms with Crippen molar-refractivity contribution in [2.75, 3.05) is 7.05 Å². The summed E-state index contributed by atoms with van der Waals surface area (Å²) in [6.07, 6.45) is 0. The van der Waals surface area contributed by atoms with Gasteiger partial charge in [-0.1, -0.05) is 0 Å². The van der Waals surface area contributed by atoms with Crippen molar-refractivity contribution in [1.29, 1.82) is 0 Å². The molecule has 0 aliphatic rings. The van der Waals surface area contributed by atoms with Crippen LogP contribution in [0.25, 0.3) is 0 Å². The highest BCUT2D eigenvalue weighted by Crippen LogP contribution is 1.95. The van der Waals surface area contributed by atoms with Crippen molar-refractivity contribution in [3.8, 4) is 0 Å². The van der Waals surface area contributed by atoms with E-state index >= 15 is 0 Å². The molecule has 0 N–H and O–H groups in total. The summed E-state index contributed by atoms with van der Waals surface area (Å²) >= 11 is 0. The van der Waals surface area contributed by atoms with Crippen LogP contribution in [0.2, 0.25) is 0 Å². The molecular weight excluding hydrogens is 140 g/mol. The normalized spacial score (nSPS) is 12.2. The van der Waals surface area contributed by atoms with Gasteiger partial charge >= 0.3 is 0 Å². The van der Waals surface area contributed by atoms with E-state index < -0.39 is 0 Å². The molecule has 0 aliphatic heterocycles. The van der Waals surface area contributed by atoms with Gasteiger partial charge in [0.25, 0.3) is 0 Å². The highest BCUT2D eigenvalue weighted by molar-refractivity contribution is 5.81. The van der Waals surface area contributed by atoms with Crippen LogP contribution in [-0.4, -0.2) is 27.6 Å². The maximum Gasteiger partial charge on any atom is 0.148 e.